The number of carbonyl (C=O) groups is 2. The minimum Gasteiger partial charge on any atom is -0.462 e. The van der Waals surface area contributed by atoms with E-state index >= 15 is 0 Å². The maximum atomic E-state index is 12.6. The third-order valence-corrected chi connectivity index (χ3v) is 10.2. The molecule has 54 heavy (non-hydrogen) atoms. The minimum atomic E-state index is -4.28. The van der Waals surface area contributed by atoms with Crippen molar-refractivity contribution >= 4 is 19.8 Å². The van der Waals surface area contributed by atoms with Crippen LogP contribution in [0.2, 0.25) is 0 Å². The fourth-order valence-electron chi connectivity index (χ4n) is 5.97. The van der Waals surface area contributed by atoms with E-state index in [1.54, 1.807) is 6.92 Å². The zero-order valence-corrected chi connectivity index (χ0v) is 35.8. The Morgan fingerprint density at radius 3 is 1.43 bits per heavy atom. The molecule has 0 amide bonds. The van der Waals surface area contributed by atoms with Gasteiger partial charge in [0.15, 0.2) is 6.10 Å². The second-order valence-electron chi connectivity index (χ2n) is 14.3. The van der Waals surface area contributed by atoms with Crippen LogP contribution in [-0.2, 0) is 32.7 Å². The Labute approximate surface area is 331 Å². The van der Waals surface area contributed by atoms with Gasteiger partial charge in [0.2, 0.25) is 0 Å². The smallest absolute Gasteiger partial charge is 0.462 e. The summed E-state index contributed by atoms with van der Waals surface area (Å²) in [4.78, 5) is 34.7. The number of hydrogen-bond donors (Lipinski definition) is 1. The van der Waals surface area contributed by atoms with Crippen LogP contribution >= 0.6 is 7.82 Å². The normalized spacial score (nSPS) is 13.8. The molecule has 0 bridgehead atoms. The summed E-state index contributed by atoms with van der Waals surface area (Å²) in [5.74, 6) is -0.801. The molecule has 2 atom stereocenters. The van der Waals surface area contributed by atoms with Gasteiger partial charge in [0, 0.05) is 12.8 Å². The zero-order chi connectivity index (χ0) is 39.6. The molecule has 0 aliphatic carbocycles. The van der Waals surface area contributed by atoms with Crippen LogP contribution in [0, 0.1) is 0 Å². The monoisotopic (exact) mass is 781 g/mol. The molecule has 0 rings (SSSR count). The molecule has 8 nitrogen and oxygen atoms in total. The maximum Gasteiger partial charge on any atom is 0.472 e. The van der Waals surface area contributed by atoms with Crippen molar-refractivity contribution in [2.75, 3.05) is 19.8 Å². The fraction of sp³-hybridized carbons (Fsp3) is 0.778. The van der Waals surface area contributed by atoms with Gasteiger partial charge in [-0.1, -0.05) is 178 Å². The van der Waals surface area contributed by atoms with Gasteiger partial charge < -0.3 is 14.4 Å². The minimum absolute atomic E-state index is 0.000566. The van der Waals surface area contributed by atoms with Crippen LogP contribution in [0.15, 0.2) is 48.6 Å². The Balaban J connectivity index is 4.02. The number of phosphoric acid groups is 1. The highest BCUT2D eigenvalue weighted by atomic mass is 31.2. The molecule has 0 aliphatic rings. The molecule has 0 aromatic carbocycles. The van der Waals surface area contributed by atoms with E-state index in [2.05, 4.69) is 62.5 Å². The lowest BCUT2D eigenvalue weighted by atomic mass is 10.0. The molecule has 0 aliphatic heterocycles. The number of rotatable bonds is 40. The molecule has 0 fully saturated rings. The lowest BCUT2D eigenvalue weighted by Gasteiger charge is -2.19. The van der Waals surface area contributed by atoms with Crippen LogP contribution in [0.4, 0.5) is 0 Å². The van der Waals surface area contributed by atoms with Crippen molar-refractivity contribution in [3.63, 3.8) is 0 Å². The van der Waals surface area contributed by atoms with Gasteiger partial charge in [-0.3, -0.25) is 18.6 Å². The quantitative estimate of drug-likeness (QED) is 0.0283. The molecule has 1 N–H and O–H groups in total. The highest BCUT2D eigenvalue weighted by molar-refractivity contribution is 7.47. The van der Waals surface area contributed by atoms with Gasteiger partial charge in [-0.15, -0.1) is 0 Å². The number of ether oxygens (including phenoxy) is 2. The predicted octanol–water partition coefficient (Wildman–Crippen LogP) is 13.8. The first-order valence-electron chi connectivity index (χ1n) is 21.9. The van der Waals surface area contributed by atoms with E-state index in [9.17, 15) is 19.0 Å². The Morgan fingerprint density at radius 1 is 0.519 bits per heavy atom. The van der Waals surface area contributed by atoms with Gasteiger partial charge in [0.25, 0.3) is 0 Å². The van der Waals surface area contributed by atoms with Gasteiger partial charge in [-0.2, -0.15) is 0 Å². The molecular formula is C45H81O8P. The third-order valence-electron chi connectivity index (χ3n) is 9.15. The van der Waals surface area contributed by atoms with Crippen molar-refractivity contribution in [1.82, 2.24) is 0 Å². The van der Waals surface area contributed by atoms with Crippen molar-refractivity contribution in [1.29, 1.82) is 0 Å². The second kappa shape index (κ2) is 40.7. The standard InChI is InChI=1S/C45H81O8P/c1-4-7-9-11-13-15-17-18-19-20-21-22-23-24-25-26-27-28-30-32-34-36-38-40-45(47)53-43(42-52-54(48,49)51-6-3)41-50-44(46)39-37-35-33-31-29-16-14-12-10-8-5-2/h7,9,13,15,18-19,21-22,43H,4-6,8,10-12,14,16-17,20,23-42H2,1-3H3,(H,48,49)/b9-7-,15-13-,19-18-,22-21-. The first-order chi connectivity index (χ1) is 26.3. The van der Waals surface area contributed by atoms with E-state index in [0.29, 0.717) is 12.8 Å². The van der Waals surface area contributed by atoms with E-state index in [1.807, 2.05) is 0 Å². The summed E-state index contributed by atoms with van der Waals surface area (Å²) < 4.78 is 32.6. The number of allylic oxidation sites excluding steroid dienone is 8. The summed E-state index contributed by atoms with van der Waals surface area (Å²) in [6, 6.07) is 0. The number of hydrogen-bond acceptors (Lipinski definition) is 7. The molecule has 9 heteroatoms. The highest BCUT2D eigenvalue weighted by Crippen LogP contribution is 2.43. The molecule has 0 radical (unpaired) electrons. The molecule has 0 aromatic heterocycles. The van der Waals surface area contributed by atoms with Crippen LogP contribution in [0.3, 0.4) is 0 Å². The summed E-state index contributed by atoms with van der Waals surface area (Å²) in [6.45, 7) is 5.35. The SMILES string of the molecule is CC/C=C\C/C=C\C/C=C\C/C=C\CCCCCCCCCCCCC(=O)OC(COC(=O)CCCCCCCCCCCCC)COP(=O)(O)OCC. The zero-order valence-electron chi connectivity index (χ0n) is 34.9. The van der Waals surface area contributed by atoms with Crippen LogP contribution in [0.5, 0.6) is 0 Å². The van der Waals surface area contributed by atoms with Gasteiger partial charge in [-0.25, -0.2) is 4.57 Å². The first-order valence-corrected chi connectivity index (χ1v) is 23.4. The van der Waals surface area contributed by atoms with Gasteiger partial charge in [0.1, 0.15) is 6.61 Å². The van der Waals surface area contributed by atoms with Crippen LogP contribution < -0.4 is 0 Å². The maximum absolute atomic E-state index is 12.6. The predicted molar refractivity (Wildman–Crippen MR) is 225 cm³/mol. The van der Waals surface area contributed by atoms with Crippen molar-refractivity contribution in [2.24, 2.45) is 0 Å². The Bertz CT molecular complexity index is 1020. The fourth-order valence-corrected chi connectivity index (χ4v) is 6.73. The van der Waals surface area contributed by atoms with Gasteiger partial charge in [-0.05, 0) is 58.3 Å². The summed E-state index contributed by atoms with van der Waals surface area (Å²) in [6.07, 6.45) is 47.4. The number of carbonyl (C=O) groups excluding carboxylic acids is 2. The summed E-state index contributed by atoms with van der Waals surface area (Å²) >= 11 is 0. The van der Waals surface area contributed by atoms with E-state index in [0.717, 1.165) is 70.6 Å². The molecule has 0 aromatic rings. The van der Waals surface area contributed by atoms with Gasteiger partial charge >= 0.3 is 19.8 Å². The number of phosphoric ester groups is 1. The lowest BCUT2D eigenvalue weighted by molar-refractivity contribution is -0.161. The molecular weight excluding hydrogens is 699 g/mol. The van der Waals surface area contributed by atoms with E-state index in [-0.39, 0.29) is 25.6 Å². The number of unbranched alkanes of at least 4 members (excludes halogenated alkanes) is 20. The number of esters is 2. The summed E-state index contributed by atoms with van der Waals surface area (Å²) in [7, 11) is -4.28. The van der Waals surface area contributed by atoms with Crippen molar-refractivity contribution in [3.05, 3.63) is 48.6 Å². The van der Waals surface area contributed by atoms with Crippen molar-refractivity contribution in [2.45, 2.75) is 207 Å². The van der Waals surface area contributed by atoms with Crippen molar-refractivity contribution < 1.29 is 37.6 Å². The van der Waals surface area contributed by atoms with Crippen LogP contribution in [0.1, 0.15) is 201 Å². The largest absolute Gasteiger partial charge is 0.472 e. The molecule has 2 unspecified atom stereocenters. The van der Waals surface area contributed by atoms with Crippen LogP contribution in [0.25, 0.3) is 0 Å². The van der Waals surface area contributed by atoms with Gasteiger partial charge in [0.05, 0.1) is 13.2 Å². The van der Waals surface area contributed by atoms with E-state index < -0.39 is 26.5 Å². The average Bonchev–Trinajstić information content (AvgIpc) is 3.15. The molecule has 0 heterocycles. The highest BCUT2D eigenvalue weighted by Gasteiger charge is 2.25. The van der Waals surface area contributed by atoms with Crippen LogP contribution in [-0.4, -0.2) is 42.8 Å². The average molecular weight is 781 g/mol. The van der Waals surface area contributed by atoms with Crippen molar-refractivity contribution in [3.8, 4) is 0 Å². The molecule has 0 spiro atoms. The Hall–Kier alpha value is -1.99. The topological polar surface area (TPSA) is 108 Å². The second-order valence-corrected chi connectivity index (χ2v) is 15.8. The molecule has 314 valence electrons. The molecule has 0 saturated carbocycles. The summed E-state index contributed by atoms with van der Waals surface area (Å²) in [5, 5.41) is 0. The van der Waals surface area contributed by atoms with E-state index in [1.165, 1.54) is 89.9 Å². The molecule has 0 saturated heterocycles. The Morgan fingerprint density at radius 2 is 0.944 bits per heavy atom. The van der Waals surface area contributed by atoms with E-state index in [4.69, 9.17) is 18.5 Å². The lowest BCUT2D eigenvalue weighted by Crippen LogP contribution is -2.29. The first kappa shape index (κ1) is 52.0. The Kier molecular flexibility index (Phi) is 39.2. The summed E-state index contributed by atoms with van der Waals surface area (Å²) in [5.41, 5.74) is 0. The third kappa shape index (κ3) is 39.7.